The van der Waals surface area contributed by atoms with E-state index in [0.29, 0.717) is 22.2 Å². The van der Waals surface area contributed by atoms with E-state index in [-0.39, 0.29) is 11.8 Å². The summed E-state index contributed by atoms with van der Waals surface area (Å²) in [4.78, 5) is 27.5. The van der Waals surface area contributed by atoms with Gasteiger partial charge < -0.3 is 5.32 Å². The van der Waals surface area contributed by atoms with Gasteiger partial charge in [0.25, 0.3) is 5.91 Å². The summed E-state index contributed by atoms with van der Waals surface area (Å²) in [7, 11) is 0. The molecule has 0 atom stereocenters. The summed E-state index contributed by atoms with van der Waals surface area (Å²) in [5, 5.41) is 5.18. The number of thioether (sulfide) groups is 1. The fourth-order valence-corrected chi connectivity index (χ4v) is 5.09. The molecular formula is C27H26N2O2S2. The van der Waals surface area contributed by atoms with E-state index in [1.54, 1.807) is 4.90 Å². The van der Waals surface area contributed by atoms with Crippen LogP contribution in [0.25, 0.3) is 16.8 Å². The van der Waals surface area contributed by atoms with Crippen LogP contribution in [0.1, 0.15) is 36.8 Å². The molecule has 1 heterocycles. The predicted molar refractivity (Wildman–Crippen MR) is 142 cm³/mol. The number of hydrogen-bond acceptors (Lipinski definition) is 4. The topological polar surface area (TPSA) is 49.4 Å². The third-order valence-electron chi connectivity index (χ3n) is 5.60. The first-order valence-corrected chi connectivity index (χ1v) is 12.3. The van der Waals surface area contributed by atoms with Crippen LogP contribution in [0.3, 0.4) is 0 Å². The van der Waals surface area contributed by atoms with Gasteiger partial charge >= 0.3 is 0 Å². The quantitative estimate of drug-likeness (QED) is 0.229. The van der Waals surface area contributed by atoms with Gasteiger partial charge in [0.05, 0.1) is 4.91 Å². The van der Waals surface area contributed by atoms with Crippen molar-refractivity contribution < 1.29 is 9.59 Å². The van der Waals surface area contributed by atoms with E-state index in [2.05, 4.69) is 5.32 Å². The smallest absolute Gasteiger partial charge is 0.266 e. The maximum atomic E-state index is 12.8. The van der Waals surface area contributed by atoms with Crippen LogP contribution in [-0.2, 0) is 9.59 Å². The number of anilines is 1. The molecule has 1 fully saturated rings. The summed E-state index contributed by atoms with van der Waals surface area (Å²) >= 11 is 6.78. The number of benzene rings is 3. The Morgan fingerprint density at radius 1 is 1.00 bits per heavy atom. The number of amides is 2. The Hall–Kier alpha value is -2.96. The summed E-state index contributed by atoms with van der Waals surface area (Å²) in [6.07, 6.45) is 4.79. The minimum Gasteiger partial charge on any atom is -0.326 e. The second kappa shape index (κ2) is 10.8. The monoisotopic (exact) mass is 474 g/mol. The van der Waals surface area contributed by atoms with E-state index in [9.17, 15) is 9.59 Å². The number of fused-ring (bicyclic) bond motifs is 1. The molecule has 1 saturated heterocycles. The molecule has 168 valence electrons. The van der Waals surface area contributed by atoms with Gasteiger partial charge in [0.1, 0.15) is 4.32 Å². The fraction of sp³-hybridized carbons (Fsp3) is 0.222. The van der Waals surface area contributed by atoms with Crippen molar-refractivity contribution in [1.82, 2.24) is 4.90 Å². The van der Waals surface area contributed by atoms with Crippen molar-refractivity contribution in [3.63, 3.8) is 0 Å². The van der Waals surface area contributed by atoms with Crippen LogP contribution >= 0.6 is 24.0 Å². The molecule has 0 bridgehead atoms. The molecule has 0 unspecified atom stereocenters. The molecule has 1 aliphatic rings. The lowest BCUT2D eigenvalue weighted by molar-refractivity contribution is -0.122. The molecule has 0 spiro atoms. The Balaban J connectivity index is 1.22. The number of unbranched alkanes of at least 4 members (excludes halogenated alkanes) is 2. The molecule has 4 nitrogen and oxygen atoms in total. The molecule has 0 saturated carbocycles. The zero-order chi connectivity index (χ0) is 23.2. The molecule has 33 heavy (non-hydrogen) atoms. The molecule has 0 aromatic heterocycles. The summed E-state index contributed by atoms with van der Waals surface area (Å²) in [6, 6.07) is 22.0. The molecule has 3 aromatic carbocycles. The largest absolute Gasteiger partial charge is 0.326 e. The molecule has 0 radical (unpaired) electrons. The Morgan fingerprint density at radius 2 is 1.76 bits per heavy atom. The average Bonchev–Trinajstić information content (AvgIpc) is 3.08. The van der Waals surface area contributed by atoms with Crippen LogP contribution in [0.15, 0.2) is 71.6 Å². The first-order valence-electron chi connectivity index (χ1n) is 11.1. The van der Waals surface area contributed by atoms with Crippen molar-refractivity contribution in [3.8, 4) is 0 Å². The van der Waals surface area contributed by atoms with Crippen molar-refractivity contribution >= 4 is 62.7 Å². The third kappa shape index (κ3) is 5.89. The predicted octanol–water partition coefficient (Wildman–Crippen LogP) is 6.55. The van der Waals surface area contributed by atoms with Crippen LogP contribution < -0.4 is 5.32 Å². The van der Waals surface area contributed by atoms with Gasteiger partial charge in [0.2, 0.25) is 5.91 Å². The highest BCUT2D eigenvalue weighted by Crippen LogP contribution is 2.33. The lowest BCUT2D eigenvalue weighted by Crippen LogP contribution is -2.29. The summed E-state index contributed by atoms with van der Waals surface area (Å²) in [5.74, 6) is -0.0164. The zero-order valence-electron chi connectivity index (χ0n) is 18.5. The first-order chi connectivity index (χ1) is 16.0. The van der Waals surface area contributed by atoms with Crippen molar-refractivity contribution in [2.75, 3.05) is 11.9 Å². The SMILES string of the molecule is Cc1ccc(/C=C2\SC(=S)N(CCCCCC(=O)Nc3cccc4ccccc34)C2=O)cc1. The van der Waals surface area contributed by atoms with E-state index in [4.69, 9.17) is 12.2 Å². The standard InChI is InChI=1S/C27H26N2O2S2/c1-19-13-15-20(16-14-19)18-24-26(31)29(27(32)33-24)17-6-2-3-12-25(30)28-23-11-7-9-21-8-4-5-10-22(21)23/h4-5,7-11,13-16,18H,2-3,6,12,17H2,1H3,(H,28,30)/b24-18-. The lowest BCUT2D eigenvalue weighted by atomic mass is 10.1. The van der Waals surface area contributed by atoms with Crippen molar-refractivity contribution in [1.29, 1.82) is 0 Å². The molecule has 2 amide bonds. The molecule has 1 aliphatic heterocycles. The van der Waals surface area contributed by atoms with Crippen LogP contribution in [0.5, 0.6) is 0 Å². The summed E-state index contributed by atoms with van der Waals surface area (Å²) < 4.78 is 0.604. The minimum atomic E-state index is -0.0285. The fourth-order valence-electron chi connectivity index (χ4n) is 3.79. The number of aryl methyl sites for hydroxylation is 1. The van der Waals surface area contributed by atoms with Crippen molar-refractivity contribution in [2.45, 2.75) is 32.6 Å². The van der Waals surface area contributed by atoms with Gasteiger partial charge in [-0.15, -0.1) is 0 Å². The number of carbonyl (C=O) groups excluding carboxylic acids is 2. The van der Waals surface area contributed by atoms with E-state index in [0.717, 1.165) is 41.3 Å². The maximum Gasteiger partial charge on any atom is 0.266 e. The van der Waals surface area contributed by atoms with Crippen LogP contribution in [0.2, 0.25) is 0 Å². The van der Waals surface area contributed by atoms with Gasteiger partial charge in [0, 0.05) is 24.0 Å². The highest BCUT2D eigenvalue weighted by atomic mass is 32.2. The minimum absolute atomic E-state index is 0.0120. The Morgan fingerprint density at radius 3 is 2.58 bits per heavy atom. The normalized spacial score (nSPS) is 14.9. The summed E-state index contributed by atoms with van der Waals surface area (Å²) in [6.45, 7) is 2.62. The number of rotatable bonds is 8. The van der Waals surface area contributed by atoms with E-state index in [1.807, 2.05) is 79.7 Å². The molecule has 4 rings (SSSR count). The molecule has 6 heteroatoms. The molecule has 3 aromatic rings. The second-order valence-electron chi connectivity index (χ2n) is 8.13. The molecule has 1 N–H and O–H groups in total. The van der Waals surface area contributed by atoms with Crippen LogP contribution in [0, 0.1) is 6.92 Å². The summed E-state index contributed by atoms with van der Waals surface area (Å²) in [5.41, 5.74) is 3.03. The highest BCUT2D eigenvalue weighted by Gasteiger charge is 2.31. The first kappa shape index (κ1) is 23.2. The van der Waals surface area contributed by atoms with Gasteiger partial charge in [-0.25, -0.2) is 0 Å². The number of thiocarbonyl (C=S) groups is 1. The van der Waals surface area contributed by atoms with Crippen LogP contribution in [0.4, 0.5) is 5.69 Å². The number of hydrogen-bond donors (Lipinski definition) is 1. The van der Waals surface area contributed by atoms with Gasteiger partial charge in [-0.05, 0) is 42.9 Å². The van der Waals surface area contributed by atoms with E-state index < -0.39 is 0 Å². The van der Waals surface area contributed by atoms with E-state index in [1.165, 1.54) is 17.3 Å². The van der Waals surface area contributed by atoms with Gasteiger partial charge in [-0.2, -0.15) is 0 Å². The molecule has 0 aliphatic carbocycles. The Bertz CT molecular complexity index is 1210. The van der Waals surface area contributed by atoms with Gasteiger partial charge in [0.15, 0.2) is 0 Å². The van der Waals surface area contributed by atoms with Crippen LogP contribution in [-0.4, -0.2) is 27.6 Å². The average molecular weight is 475 g/mol. The third-order valence-corrected chi connectivity index (χ3v) is 6.98. The Kier molecular flexibility index (Phi) is 7.57. The number of nitrogens with zero attached hydrogens (tertiary/aromatic N) is 1. The van der Waals surface area contributed by atoms with Gasteiger partial charge in [-0.1, -0.05) is 96.6 Å². The second-order valence-corrected chi connectivity index (χ2v) is 9.81. The highest BCUT2D eigenvalue weighted by molar-refractivity contribution is 8.26. The number of carbonyl (C=O) groups is 2. The molecular weight excluding hydrogens is 448 g/mol. The zero-order valence-corrected chi connectivity index (χ0v) is 20.2. The van der Waals surface area contributed by atoms with E-state index >= 15 is 0 Å². The maximum absolute atomic E-state index is 12.8. The van der Waals surface area contributed by atoms with Crippen molar-refractivity contribution in [2.24, 2.45) is 0 Å². The lowest BCUT2D eigenvalue weighted by Gasteiger charge is -2.14. The number of nitrogens with one attached hydrogen (secondary N) is 1. The van der Waals surface area contributed by atoms with Crippen molar-refractivity contribution in [3.05, 3.63) is 82.8 Å². The van der Waals surface area contributed by atoms with Gasteiger partial charge in [-0.3, -0.25) is 14.5 Å². The Labute approximate surface area is 204 Å².